The second-order valence-corrected chi connectivity index (χ2v) is 6.25. The van der Waals surface area contributed by atoms with Crippen LogP contribution in [-0.4, -0.2) is 14.2 Å². The standard InChI is InChI=1S/C22H24O2/c1-22(17-7-5-4-6-8-17,18-9-13-20(23-2)14-10-18)19-11-15-21(24-3)16-12-19/h4-11,13-15H,12,16H2,1-3H3. The molecule has 0 radical (unpaired) electrons. The van der Waals surface area contributed by atoms with Gasteiger partial charge in [0.25, 0.3) is 0 Å². The lowest BCUT2D eigenvalue weighted by Crippen LogP contribution is -2.27. The Bertz CT molecular complexity index is 741. The normalized spacial score (nSPS) is 16.6. The fourth-order valence-corrected chi connectivity index (χ4v) is 3.44. The minimum atomic E-state index is -0.163. The van der Waals surface area contributed by atoms with E-state index in [0.717, 1.165) is 24.4 Å². The Morgan fingerprint density at radius 3 is 1.96 bits per heavy atom. The number of methoxy groups -OCH3 is 2. The summed E-state index contributed by atoms with van der Waals surface area (Å²) in [7, 11) is 3.44. The second-order valence-electron chi connectivity index (χ2n) is 6.25. The van der Waals surface area contributed by atoms with E-state index >= 15 is 0 Å². The van der Waals surface area contributed by atoms with Crippen LogP contribution >= 0.6 is 0 Å². The molecule has 2 aromatic rings. The van der Waals surface area contributed by atoms with Crippen molar-refractivity contribution >= 4 is 0 Å². The van der Waals surface area contributed by atoms with Gasteiger partial charge in [-0.1, -0.05) is 54.1 Å². The minimum Gasteiger partial charge on any atom is -0.501 e. The van der Waals surface area contributed by atoms with E-state index in [-0.39, 0.29) is 5.41 Å². The van der Waals surface area contributed by atoms with Gasteiger partial charge in [-0.05, 0) is 42.7 Å². The Morgan fingerprint density at radius 1 is 0.750 bits per heavy atom. The molecular formula is C22H24O2. The minimum absolute atomic E-state index is 0.163. The number of benzene rings is 2. The van der Waals surface area contributed by atoms with E-state index in [0.29, 0.717) is 0 Å². The summed E-state index contributed by atoms with van der Waals surface area (Å²) in [5, 5.41) is 0. The molecule has 2 nitrogen and oxygen atoms in total. The van der Waals surface area contributed by atoms with Crippen molar-refractivity contribution < 1.29 is 9.47 Å². The van der Waals surface area contributed by atoms with Crippen LogP contribution in [0.5, 0.6) is 5.75 Å². The van der Waals surface area contributed by atoms with Crippen molar-refractivity contribution in [1.82, 2.24) is 0 Å². The maximum atomic E-state index is 5.39. The van der Waals surface area contributed by atoms with Crippen molar-refractivity contribution in [3.8, 4) is 5.75 Å². The van der Waals surface area contributed by atoms with Crippen LogP contribution in [0.3, 0.4) is 0 Å². The van der Waals surface area contributed by atoms with Crippen molar-refractivity contribution in [3.63, 3.8) is 0 Å². The quantitative estimate of drug-likeness (QED) is 0.749. The molecule has 1 aliphatic carbocycles. The van der Waals surface area contributed by atoms with E-state index in [9.17, 15) is 0 Å². The average molecular weight is 320 g/mol. The monoisotopic (exact) mass is 320 g/mol. The Balaban J connectivity index is 2.11. The van der Waals surface area contributed by atoms with Crippen molar-refractivity contribution in [2.45, 2.75) is 25.2 Å². The first kappa shape index (κ1) is 16.4. The molecule has 0 saturated heterocycles. The molecule has 3 rings (SSSR count). The summed E-state index contributed by atoms with van der Waals surface area (Å²) >= 11 is 0. The van der Waals surface area contributed by atoms with Crippen LogP contribution < -0.4 is 4.74 Å². The van der Waals surface area contributed by atoms with Crippen molar-refractivity contribution in [1.29, 1.82) is 0 Å². The van der Waals surface area contributed by atoms with Gasteiger partial charge in [0.2, 0.25) is 0 Å². The average Bonchev–Trinajstić information content (AvgIpc) is 2.68. The lowest BCUT2D eigenvalue weighted by Gasteiger charge is -2.35. The fourth-order valence-electron chi connectivity index (χ4n) is 3.44. The number of rotatable bonds is 5. The first-order chi connectivity index (χ1) is 11.7. The summed E-state index contributed by atoms with van der Waals surface area (Å²) in [5.74, 6) is 1.93. The van der Waals surface area contributed by atoms with Gasteiger partial charge in [-0.25, -0.2) is 0 Å². The van der Waals surface area contributed by atoms with E-state index in [1.807, 2.05) is 12.1 Å². The van der Waals surface area contributed by atoms with Crippen LogP contribution in [0, 0.1) is 0 Å². The smallest absolute Gasteiger partial charge is 0.118 e. The zero-order chi connectivity index (χ0) is 17.0. The van der Waals surface area contributed by atoms with Gasteiger partial charge in [-0.3, -0.25) is 0 Å². The lowest BCUT2D eigenvalue weighted by atomic mass is 9.68. The van der Waals surface area contributed by atoms with Crippen LogP contribution in [0.25, 0.3) is 0 Å². The maximum Gasteiger partial charge on any atom is 0.118 e. The molecule has 0 amide bonds. The molecular weight excluding hydrogens is 296 g/mol. The molecule has 2 heteroatoms. The van der Waals surface area contributed by atoms with Gasteiger partial charge in [0.05, 0.1) is 20.0 Å². The number of hydrogen-bond donors (Lipinski definition) is 0. The maximum absolute atomic E-state index is 5.39. The molecule has 2 aromatic carbocycles. The predicted octanol–water partition coefficient (Wildman–Crippen LogP) is 5.25. The third-order valence-electron chi connectivity index (χ3n) is 5.03. The first-order valence-corrected chi connectivity index (χ1v) is 8.32. The largest absolute Gasteiger partial charge is 0.501 e. The van der Waals surface area contributed by atoms with Gasteiger partial charge in [0.15, 0.2) is 0 Å². The van der Waals surface area contributed by atoms with Gasteiger partial charge in [0, 0.05) is 11.8 Å². The van der Waals surface area contributed by atoms with Gasteiger partial charge >= 0.3 is 0 Å². The highest BCUT2D eigenvalue weighted by molar-refractivity contribution is 5.50. The van der Waals surface area contributed by atoms with E-state index < -0.39 is 0 Å². The first-order valence-electron chi connectivity index (χ1n) is 8.32. The molecule has 24 heavy (non-hydrogen) atoms. The molecule has 0 heterocycles. The van der Waals surface area contributed by atoms with E-state index in [1.54, 1.807) is 14.2 Å². The molecule has 1 aliphatic rings. The van der Waals surface area contributed by atoms with Crippen LogP contribution in [0.2, 0.25) is 0 Å². The SMILES string of the molecule is COC1=CC=C(C(C)(c2ccccc2)c2ccc(OC)cc2)CC1. The summed E-state index contributed by atoms with van der Waals surface area (Å²) in [6.45, 7) is 2.31. The highest BCUT2D eigenvalue weighted by Gasteiger charge is 2.33. The molecule has 1 atom stereocenters. The molecule has 1 unspecified atom stereocenters. The molecule has 0 N–H and O–H groups in total. The topological polar surface area (TPSA) is 18.5 Å². The van der Waals surface area contributed by atoms with Crippen molar-refractivity contribution in [2.24, 2.45) is 0 Å². The highest BCUT2D eigenvalue weighted by atomic mass is 16.5. The number of ether oxygens (including phenoxy) is 2. The molecule has 0 fully saturated rings. The third kappa shape index (κ3) is 2.96. The molecule has 124 valence electrons. The van der Waals surface area contributed by atoms with E-state index in [2.05, 4.69) is 61.5 Å². The Morgan fingerprint density at radius 2 is 1.42 bits per heavy atom. The Labute approximate surface area is 144 Å². The summed E-state index contributed by atoms with van der Waals surface area (Å²) in [6.07, 6.45) is 6.27. The van der Waals surface area contributed by atoms with Gasteiger partial charge in [0.1, 0.15) is 5.75 Å². The zero-order valence-corrected chi connectivity index (χ0v) is 14.6. The van der Waals surface area contributed by atoms with Crippen LogP contribution in [0.4, 0.5) is 0 Å². The van der Waals surface area contributed by atoms with Gasteiger partial charge in [-0.2, -0.15) is 0 Å². The molecule has 0 bridgehead atoms. The summed E-state index contributed by atoms with van der Waals surface area (Å²) in [6, 6.07) is 19.1. The molecule has 0 spiro atoms. The van der Waals surface area contributed by atoms with Crippen LogP contribution in [-0.2, 0) is 10.2 Å². The molecule has 0 aromatic heterocycles. The Hall–Kier alpha value is -2.48. The fraction of sp³-hybridized carbons (Fsp3) is 0.273. The van der Waals surface area contributed by atoms with Crippen LogP contribution in [0.15, 0.2) is 78.1 Å². The zero-order valence-electron chi connectivity index (χ0n) is 14.6. The van der Waals surface area contributed by atoms with Crippen molar-refractivity contribution in [3.05, 3.63) is 89.2 Å². The Kier molecular flexibility index (Phi) is 4.75. The van der Waals surface area contributed by atoms with Gasteiger partial charge in [-0.15, -0.1) is 0 Å². The summed E-state index contributed by atoms with van der Waals surface area (Å²) in [5.41, 5.74) is 3.81. The number of allylic oxidation sites excluding steroid dienone is 4. The highest BCUT2D eigenvalue weighted by Crippen LogP contribution is 2.43. The summed E-state index contributed by atoms with van der Waals surface area (Å²) in [4.78, 5) is 0. The van der Waals surface area contributed by atoms with E-state index in [4.69, 9.17) is 9.47 Å². The third-order valence-corrected chi connectivity index (χ3v) is 5.03. The van der Waals surface area contributed by atoms with E-state index in [1.165, 1.54) is 16.7 Å². The van der Waals surface area contributed by atoms with Crippen LogP contribution in [0.1, 0.15) is 30.9 Å². The van der Waals surface area contributed by atoms with Gasteiger partial charge < -0.3 is 9.47 Å². The van der Waals surface area contributed by atoms with Crippen molar-refractivity contribution in [2.75, 3.05) is 14.2 Å². The molecule has 0 saturated carbocycles. The number of hydrogen-bond acceptors (Lipinski definition) is 2. The lowest BCUT2D eigenvalue weighted by molar-refractivity contribution is 0.274. The summed E-state index contributed by atoms with van der Waals surface area (Å²) < 4.78 is 10.7. The second kappa shape index (κ2) is 6.96. The molecule has 0 aliphatic heterocycles. The predicted molar refractivity (Wildman–Crippen MR) is 98.3 cm³/mol.